The van der Waals surface area contributed by atoms with E-state index in [9.17, 15) is 9.59 Å². The molecule has 31 heavy (non-hydrogen) atoms. The van der Waals surface area contributed by atoms with E-state index in [1.165, 1.54) is 6.08 Å². The van der Waals surface area contributed by atoms with Crippen molar-refractivity contribution in [3.63, 3.8) is 0 Å². The SMILES string of the molecule is COc1ccccc1NC(=O)c1ccc(C=CC(=O)c2nc3ccc(C)cc3[nH]2)cc1. The lowest BCUT2D eigenvalue weighted by molar-refractivity contribution is 0.102. The van der Waals surface area contributed by atoms with Gasteiger partial charge in [-0.05, 0) is 60.5 Å². The molecule has 4 rings (SSSR count). The summed E-state index contributed by atoms with van der Waals surface area (Å²) >= 11 is 0. The Kier molecular flexibility index (Phi) is 5.62. The molecule has 4 aromatic rings. The number of benzene rings is 3. The Morgan fingerprint density at radius 3 is 2.58 bits per heavy atom. The molecule has 2 N–H and O–H groups in total. The van der Waals surface area contributed by atoms with Crippen LogP contribution in [0.25, 0.3) is 17.1 Å². The third-order valence-corrected chi connectivity index (χ3v) is 4.83. The highest BCUT2D eigenvalue weighted by atomic mass is 16.5. The van der Waals surface area contributed by atoms with E-state index in [0.29, 0.717) is 22.8 Å². The largest absolute Gasteiger partial charge is 0.495 e. The van der Waals surface area contributed by atoms with Crippen LogP contribution in [0.4, 0.5) is 5.69 Å². The Bertz CT molecular complexity index is 1290. The number of ketones is 1. The smallest absolute Gasteiger partial charge is 0.255 e. The summed E-state index contributed by atoms with van der Waals surface area (Å²) in [5.41, 5.74) is 4.59. The van der Waals surface area contributed by atoms with Gasteiger partial charge in [0.15, 0.2) is 5.82 Å². The number of aromatic amines is 1. The number of imidazole rings is 1. The zero-order chi connectivity index (χ0) is 21.8. The van der Waals surface area contributed by atoms with Crippen LogP contribution < -0.4 is 10.1 Å². The lowest BCUT2D eigenvalue weighted by atomic mass is 10.1. The highest BCUT2D eigenvalue weighted by molar-refractivity contribution is 6.06. The fraction of sp³-hybridized carbons (Fsp3) is 0.0800. The molecule has 0 aliphatic carbocycles. The molecule has 0 spiro atoms. The zero-order valence-corrected chi connectivity index (χ0v) is 17.2. The van der Waals surface area contributed by atoms with Crippen LogP contribution in [0.15, 0.2) is 72.8 Å². The molecule has 1 heterocycles. The van der Waals surface area contributed by atoms with E-state index in [1.54, 1.807) is 49.6 Å². The van der Waals surface area contributed by atoms with Crippen LogP contribution in [-0.4, -0.2) is 28.8 Å². The lowest BCUT2D eigenvalue weighted by Gasteiger charge is -2.09. The number of hydrogen-bond acceptors (Lipinski definition) is 4. The Hall–Kier alpha value is -4.19. The van der Waals surface area contributed by atoms with Crippen LogP contribution >= 0.6 is 0 Å². The number of carbonyl (C=O) groups excluding carboxylic acids is 2. The molecule has 154 valence electrons. The Morgan fingerprint density at radius 2 is 1.81 bits per heavy atom. The summed E-state index contributed by atoms with van der Waals surface area (Å²) in [6.45, 7) is 1.99. The standard InChI is InChI=1S/C25H21N3O3/c1-16-7-13-19-21(15-16)27-24(26-19)22(29)14-10-17-8-11-18(12-9-17)25(30)28-20-5-3-4-6-23(20)31-2/h3-15H,1-2H3,(H,26,27)(H,28,30). The second kappa shape index (κ2) is 8.67. The monoisotopic (exact) mass is 411 g/mol. The maximum absolute atomic E-state index is 12.5. The minimum Gasteiger partial charge on any atom is -0.495 e. The number of allylic oxidation sites excluding steroid dienone is 1. The first-order valence-corrected chi connectivity index (χ1v) is 9.77. The first-order chi connectivity index (χ1) is 15.0. The van der Waals surface area contributed by atoms with Crippen molar-refractivity contribution in [2.45, 2.75) is 6.92 Å². The number of carbonyl (C=O) groups is 2. The van der Waals surface area contributed by atoms with Crippen molar-refractivity contribution in [2.24, 2.45) is 0 Å². The topological polar surface area (TPSA) is 84.1 Å². The van der Waals surface area contributed by atoms with Crippen molar-refractivity contribution < 1.29 is 14.3 Å². The van der Waals surface area contributed by atoms with Gasteiger partial charge < -0.3 is 15.0 Å². The van der Waals surface area contributed by atoms with Crippen LogP contribution in [-0.2, 0) is 0 Å². The minimum absolute atomic E-state index is 0.216. The first kappa shape index (κ1) is 20.1. The third-order valence-electron chi connectivity index (χ3n) is 4.83. The molecule has 0 saturated carbocycles. The third kappa shape index (κ3) is 4.53. The molecule has 0 radical (unpaired) electrons. The van der Waals surface area contributed by atoms with E-state index in [0.717, 1.165) is 22.2 Å². The maximum atomic E-state index is 12.5. The number of anilines is 1. The van der Waals surface area contributed by atoms with E-state index in [2.05, 4.69) is 15.3 Å². The number of hydrogen-bond donors (Lipinski definition) is 2. The quantitative estimate of drug-likeness (QED) is 0.344. The lowest BCUT2D eigenvalue weighted by Crippen LogP contribution is -2.12. The molecular formula is C25H21N3O3. The highest BCUT2D eigenvalue weighted by Crippen LogP contribution is 2.23. The number of nitrogens with one attached hydrogen (secondary N) is 2. The van der Waals surface area contributed by atoms with Crippen molar-refractivity contribution in [3.05, 3.63) is 95.3 Å². The van der Waals surface area contributed by atoms with Gasteiger partial charge in [-0.1, -0.05) is 36.4 Å². The van der Waals surface area contributed by atoms with Crippen LogP contribution in [0.5, 0.6) is 5.75 Å². The number of fused-ring (bicyclic) bond motifs is 1. The van der Waals surface area contributed by atoms with Gasteiger partial charge in [0.25, 0.3) is 5.91 Å². The number of methoxy groups -OCH3 is 1. The predicted molar refractivity (Wildman–Crippen MR) is 122 cm³/mol. The van der Waals surface area contributed by atoms with E-state index in [1.807, 2.05) is 37.3 Å². The molecule has 0 bridgehead atoms. The summed E-state index contributed by atoms with van der Waals surface area (Å²) in [6.07, 6.45) is 3.16. The summed E-state index contributed by atoms with van der Waals surface area (Å²) in [6, 6.07) is 20.0. The molecule has 6 nitrogen and oxygen atoms in total. The Morgan fingerprint density at radius 1 is 1.03 bits per heavy atom. The van der Waals surface area contributed by atoms with Crippen molar-refractivity contribution >= 4 is 34.5 Å². The average molecular weight is 411 g/mol. The summed E-state index contributed by atoms with van der Waals surface area (Å²) in [5.74, 6) is 0.430. The number of aromatic nitrogens is 2. The van der Waals surface area contributed by atoms with Gasteiger partial charge in [-0.2, -0.15) is 0 Å². The number of nitrogens with zero attached hydrogens (tertiary/aromatic N) is 1. The number of rotatable bonds is 6. The molecule has 3 aromatic carbocycles. The number of aryl methyl sites for hydroxylation is 1. The van der Waals surface area contributed by atoms with Gasteiger partial charge in [-0.3, -0.25) is 9.59 Å². The zero-order valence-electron chi connectivity index (χ0n) is 17.2. The van der Waals surface area contributed by atoms with Crippen LogP contribution in [0, 0.1) is 6.92 Å². The van der Waals surface area contributed by atoms with Crippen LogP contribution in [0.3, 0.4) is 0 Å². The van der Waals surface area contributed by atoms with Gasteiger partial charge in [-0.15, -0.1) is 0 Å². The van der Waals surface area contributed by atoms with Crippen molar-refractivity contribution in [1.29, 1.82) is 0 Å². The second-order valence-electron chi connectivity index (χ2n) is 7.08. The summed E-state index contributed by atoms with van der Waals surface area (Å²) < 4.78 is 5.25. The second-order valence-corrected chi connectivity index (χ2v) is 7.08. The normalized spacial score (nSPS) is 11.0. The van der Waals surface area contributed by atoms with Crippen molar-refractivity contribution in [3.8, 4) is 5.75 Å². The van der Waals surface area contributed by atoms with Crippen molar-refractivity contribution in [1.82, 2.24) is 9.97 Å². The minimum atomic E-state index is -0.242. The molecule has 1 aromatic heterocycles. The van der Waals surface area contributed by atoms with Gasteiger partial charge in [-0.25, -0.2) is 4.98 Å². The molecule has 1 amide bonds. The van der Waals surface area contributed by atoms with Crippen molar-refractivity contribution in [2.75, 3.05) is 12.4 Å². The molecule has 0 saturated heterocycles. The van der Waals surface area contributed by atoms with Gasteiger partial charge in [0.05, 0.1) is 23.8 Å². The summed E-state index contributed by atoms with van der Waals surface area (Å²) in [4.78, 5) is 32.3. The molecule has 0 aliphatic heterocycles. The van der Waals surface area contributed by atoms with Crippen LogP contribution in [0.1, 0.15) is 32.1 Å². The van der Waals surface area contributed by atoms with Gasteiger partial charge >= 0.3 is 0 Å². The molecule has 0 fully saturated rings. The number of para-hydroxylation sites is 2. The van der Waals surface area contributed by atoms with Gasteiger partial charge in [0.2, 0.25) is 5.78 Å². The maximum Gasteiger partial charge on any atom is 0.255 e. The van der Waals surface area contributed by atoms with E-state index in [4.69, 9.17) is 4.74 Å². The van der Waals surface area contributed by atoms with Gasteiger partial charge in [0, 0.05) is 5.56 Å². The van der Waals surface area contributed by atoms with E-state index < -0.39 is 0 Å². The predicted octanol–water partition coefficient (Wildman–Crippen LogP) is 5.03. The number of amides is 1. The molecule has 0 unspecified atom stereocenters. The molecule has 0 aliphatic rings. The first-order valence-electron chi connectivity index (χ1n) is 9.77. The number of ether oxygens (including phenoxy) is 1. The van der Waals surface area contributed by atoms with Gasteiger partial charge in [0.1, 0.15) is 5.75 Å². The average Bonchev–Trinajstić information content (AvgIpc) is 3.21. The van der Waals surface area contributed by atoms with E-state index in [-0.39, 0.29) is 11.7 Å². The highest BCUT2D eigenvalue weighted by Gasteiger charge is 2.10. The molecule has 6 heteroatoms. The molecular weight excluding hydrogens is 390 g/mol. The number of H-pyrrole nitrogens is 1. The molecule has 0 atom stereocenters. The fourth-order valence-electron chi connectivity index (χ4n) is 3.18. The van der Waals surface area contributed by atoms with Crippen LogP contribution in [0.2, 0.25) is 0 Å². The Balaban J connectivity index is 1.44. The fourth-order valence-corrected chi connectivity index (χ4v) is 3.18. The van der Waals surface area contributed by atoms with E-state index >= 15 is 0 Å². The summed E-state index contributed by atoms with van der Waals surface area (Å²) in [5, 5.41) is 2.84. The summed E-state index contributed by atoms with van der Waals surface area (Å²) in [7, 11) is 1.56. The Labute approximate surface area is 179 Å².